The molecule has 9 heteroatoms. The van der Waals surface area contributed by atoms with Crippen molar-refractivity contribution in [1.82, 2.24) is 10.0 Å². The summed E-state index contributed by atoms with van der Waals surface area (Å²) in [6, 6.07) is 8.23. The van der Waals surface area contributed by atoms with Gasteiger partial charge in [0.2, 0.25) is 10.0 Å². The molecule has 140 valence electrons. The summed E-state index contributed by atoms with van der Waals surface area (Å²) in [7, 11) is -3.67. The van der Waals surface area contributed by atoms with Gasteiger partial charge in [-0.15, -0.1) is 11.3 Å². The van der Waals surface area contributed by atoms with Crippen LogP contribution in [0.15, 0.2) is 46.7 Å². The molecule has 1 unspecified atom stereocenters. The maximum atomic E-state index is 12.3. The first-order valence-electron chi connectivity index (χ1n) is 7.99. The predicted molar refractivity (Wildman–Crippen MR) is 98.8 cm³/mol. The maximum absolute atomic E-state index is 12.3. The van der Waals surface area contributed by atoms with Crippen molar-refractivity contribution in [3.8, 4) is 0 Å². The minimum absolute atomic E-state index is 0.0468. The highest BCUT2D eigenvalue weighted by molar-refractivity contribution is 7.89. The lowest BCUT2D eigenvalue weighted by Gasteiger charge is -2.12. The van der Waals surface area contributed by atoms with Gasteiger partial charge in [0.1, 0.15) is 6.04 Å². The van der Waals surface area contributed by atoms with Crippen molar-refractivity contribution in [2.75, 3.05) is 6.54 Å². The summed E-state index contributed by atoms with van der Waals surface area (Å²) < 4.78 is 27.1. The van der Waals surface area contributed by atoms with Crippen LogP contribution in [0.1, 0.15) is 28.6 Å². The smallest absolute Gasteiger partial charge is 0.326 e. The molecule has 1 atom stereocenters. The molecule has 0 aliphatic heterocycles. The predicted octanol–water partition coefficient (Wildman–Crippen LogP) is 1.86. The number of carbonyl (C=O) groups excluding carboxylic acids is 1. The number of aliphatic carboxylic acids is 1. The van der Waals surface area contributed by atoms with E-state index in [1.165, 1.54) is 24.3 Å². The van der Waals surface area contributed by atoms with E-state index in [4.69, 9.17) is 5.11 Å². The zero-order chi connectivity index (χ0) is 19.2. The third kappa shape index (κ3) is 5.38. The molecular weight excluding hydrogens is 376 g/mol. The van der Waals surface area contributed by atoms with Crippen LogP contribution in [-0.2, 0) is 21.2 Å². The van der Waals surface area contributed by atoms with Gasteiger partial charge in [-0.1, -0.05) is 13.0 Å². The van der Waals surface area contributed by atoms with Crippen molar-refractivity contribution in [3.63, 3.8) is 0 Å². The van der Waals surface area contributed by atoms with E-state index in [9.17, 15) is 18.0 Å². The van der Waals surface area contributed by atoms with Crippen LogP contribution in [0.3, 0.4) is 0 Å². The number of carbonyl (C=O) groups is 2. The number of benzene rings is 1. The van der Waals surface area contributed by atoms with Gasteiger partial charge in [0.05, 0.1) is 4.90 Å². The number of carboxylic acids is 1. The number of hydrogen-bond donors (Lipinski definition) is 3. The summed E-state index contributed by atoms with van der Waals surface area (Å²) in [6.07, 6.45) is 0.854. The highest BCUT2D eigenvalue weighted by Crippen LogP contribution is 2.12. The van der Waals surface area contributed by atoms with Crippen LogP contribution < -0.4 is 10.0 Å². The number of amides is 1. The zero-order valence-corrected chi connectivity index (χ0v) is 15.8. The van der Waals surface area contributed by atoms with Gasteiger partial charge in [-0.05, 0) is 48.6 Å². The van der Waals surface area contributed by atoms with Gasteiger partial charge in [-0.25, -0.2) is 17.9 Å². The molecule has 0 saturated heterocycles. The van der Waals surface area contributed by atoms with Gasteiger partial charge in [0.15, 0.2) is 0 Å². The largest absolute Gasteiger partial charge is 0.480 e. The number of nitrogens with one attached hydrogen (secondary N) is 2. The molecule has 26 heavy (non-hydrogen) atoms. The fraction of sp³-hybridized carbons (Fsp3) is 0.294. The van der Waals surface area contributed by atoms with E-state index in [1.54, 1.807) is 18.3 Å². The van der Waals surface area contributed by atoms with Crippen molar-refractivity contribution in [2.24, 2.45) is 0 Å². The monoisotopic (exact) mass is 396 g/mol. The Hall–Kier alpha value is -2.23. The van der Waals surface area contributed by atoms with E-state index in [2.05, 4.69) is 10.0 Å². The Morgan fingerprint density at radius 1 is 1.19 bits per heavy atom. The van der Waals surface area contributed by atoms with Gasteiger partial charge in [-0.3, -0.25) is 4.79 Å². The number of rotatable bonds is 9. The Labute approximate surface area is 156 Å². The lowest BCUT2D eigenvalue weighted by molar-refractivity contribution is -0.139. The minimum Gasteiger partial charge on any atom is -0.480 e. The van der Waals surface area contributed by atoms with Gasteiger partial charge >= 0.3 is 5.97 Å². The van der Waals surface area contributed by atoms with Crippen LogP contribution in [0.4, 0.5) is 0 Å². The molecule has 2 rings (SSSR count). The van der Waals surface area contributed by atoms with Gasteiger partial charge in [0.25, 0.3) is 5.91 Å². The lowest BCUT2D eigenvalue weighted by Crippen LogP contribution is -2.40. The first-order chi connectivity index (χ1) is 12.3. The van der Waals surface area contributed by atoms with E-state index >= 15 is 0 Å². The van der Waals surface area contributed by atoms with Crippen LogP contribution in [0.25, 0.3) is 0 Å². The SMILES string of the molecule is CCC(NC(=O)c1ccc(S(=O)(=O)NCCc2cccs2)cc1)C(=O)O. The summed E-state index contributed by atoms with van der Waals surface area (Å²) in [6.45, 7) is 1.93. The second-order valence-electron chi connectivity index (χ2n) is 5.52. The first kappa shape index (κ1) is 20.1. The Morgan fingerprint density at radius 3 is 2.42 bits per heavy atom. The van der Waals surface area contributed by atoms with E-state index in [1.807, 2.05) is 17.5 Å². The highest BCUT2D eigenvalue weighted by atomic mass is 32.2. The molecule has 7 nitrogen and oxygen atoms in total. The maximum Gasteiger partial charge on any atom is 0.326 e. The summed E-state index contributed by atoms with van der Waals surface area (Å²) >= 11 is 1.56. The molecule has 2 aromatic rings. The molecule has 0 saturated carbocycles. The molecule has 3 N–H and O–H groups in total. The van der Waals surface area contributed by atoms with Crippen LogP contribution in [0, 0.1) is 0 Å². The number of sulfonamides is 1. The third-order valence-electron chi connectivity index (χ3n) is 3.68. The van der Waals surface area contributed by atoms with Gasteiger partial charge < -0.3 is 10.4 Å². The minimum atomic E-state index is -3.67. The second-order valence-corrected chi connectivity index (χ2v) is 8.32. The topological polar surface area (TPSA) is 113 Å². The Kier molecular flexibility index (Phi) is 6.90. The molecule has 1 heterocycles. The average molecular weight is 396 g/mol. The molecule has 0 aliphatic rings. The quantitative estimate of drug-likeness (QED) is 0.599. The Balaban J connectivity index is 1.98. The molecule has 0 bridgehead atoms. The summed E-state index contributed by atoms with van der Waals surface area (Å²) in [5, 5.41) is 13.3. The number of thiophene rings is 1. The van der Waals surface area contributed by atoms with Crippen molar-refractivity contribution in [1.29, 1.82) is 0 Å². The normalized spacial score (nSPS) is 12.5. The summed E-state index contributed by atoms with van der Waals surface area (Å²) in [5.41, 5.74) is 0.197. The summed E-state index contributed by atoms with van der Waals surface area (Å²) in [5.74, 6) is -1.68. The fourth-order valence-corrected chi connectivity index (χ4v) is 3.95. The standard InChI is InChI=1S/C17H20N2O5S2/c1-2-15(17(21)22)19-16(20)12-5-7-14(8-6-12)26(23,24)18-10-9-13-4-3-11-25-13/h3-8,11,15,18H,2,9-10H2,1H3,(H,19,20)(H,21,22). The van der Waals surface area contributed by atoms with E-state index < -0.39 is 27.9 Å². The summed E-state index contributed by atoms with van der Waals surface area (Å²) in [4.78, 5) is 24.1. The molecule has 1 aromatic carbocycles. The van der Waals surface area contributed by atoms with Crippen LogP contribution in [-0.4, -0.2) is 38.0 Å². The Bertz CT molecular complexity index is 846. The molecular formula is C17H20N2O5S2. The van der Waals surface area contributed by atoms with Crippen molar-refractivity contribution in [3.05, 3.63) is 52.2 Å². The van der Waals surface area contributed by atoms with Crippen LogP contribution >= 0.6 is 11.3 Å². The molecule has 0 fully saturated rings. The first-order valence-corrected chi connectivity index (χ1v) is 10.4. The second kappa shape index (κ2) is 8.93. The van der Waals surface area contributed by atoms with Crippen molar-refractivity contribution < 1.29 is 23.1 Å². The fourth-order valence-electron chi connectivity index (χ4n) is 2.21. The van der Waals surface area contributed by atoms with Crippen molar-refractivity contribution >= 4 is 33.2 Å². The van der Waals surface area contributed by atoms with Crippen LogP contribution in [0.2, 0.25) is 0 Å². The number of carboxylic acid groups (broad SMARTS) is 1. The molecule has 0 spiro atoms. The van der Waals surface area contributed by atoms with Crippen molar-refractivity contribution in [2.45, 2.75) is 30.7 Å². The van der Waals surface area contributed by atoms with E-state index in [0.717, 1.165) is 4.88 Å². The molecule has 1 aromatic heterocycles. The lowest BCUT2D eigenvalue weighted by atomic mass is 10.1. The average Bonchev–Trinajstić information content (AvgIpc) is 3.12. The number of hydrogen-bond acceptors (Lipinski definition) is 5. The molecule has 0 radical (unpaired) electrons. The zero-order valence-electron chi connectivity index (χ0n) is 14.1. The van der Waals surface area contributed by atoms with E-state index in [-0.39, 0.29) is 23.4 Å². The molecule has 0 aliphatic carbocycles. The highest BCUT2D eigenvalue weighted by Gasteiger charge is 2.19. The van der Waals surface area contributed by atoms with Gasteiger partial charge in [-0.2, -0.15) is 0 Å². The third-order valence-corrected chi connectivity index (χ3v) is 6.10. The van der Waals surface area contributed by atoms with Gasteiger partial charge in [0, 0.05) is 17.0 Å². The van der Waals surface area contributed by atoms with Crippen LogP contribution in [0.5, 0.6) is 0 Å². The Morgan fingerprint density at radius 2 is 1.88 bits per heavy atom. The van der Waals surface area contributed by atoms with E-state index in [0.29, 0.717) is 6.42 Å². The molecule has 1 amide bonds.